The highest BCUT2D eigenvalue weighted by Gasteiger charge is 2.20. The zero-order valence-corrected chi connectivity index (χ0v) is 8.62. The quantitative estimate of drug-likeness (QED) is 0.569. The van der Waals surface area contributed by atoms with E-state index < -0.39 is 18.1 Å². The minimum atomic E-state index is -1.02. The van der Waals surface area contributed by atoms with E-state index in [-0.39, 0.29) is 5.91 Å². The Hall–Kier alpha value is -1.10. The zero-order chi connectivity index (χ0) is 11.1. The highest BCUT2D eigenvalue weighted by Crippen LogP contribution is 1.96. The van der Waals surface area contributed by atoms with Crippen molar-refractivity contribution in [3.05, 3.63) is 0 Å². The van der Waals surface area contributed by atoms with Gasteiger partial charge in [-0.1, -0.05) is 20.3 Å². The Morgan fingerprint density at radius 2 is 2.00 bits per heavy atom. The molecule has 0 saturated carbocycles. The smallest absolute Gasteiger partial charge is 0.326 e. The summed E-state index contributed by atoms with van der Waals surface area (Å²) >= 11 is 0. The third-order valence-electron chi connectivity index (χ3n) is 1.96. The van der Waals surface area contributed by atoms with Crippen LogP contribution in [0.4, 0.5) is 0 Å². The first-order valence-corrected chi connectivity index (χ1v) is 4.81. The van der Waals surface area contributed by atoms with Gasteiger partial charge in [-0.3, -0.25) is 4.79 Å². The predicted octanol–water partition coefficient (Wildman–Crippen LogP) is 0.0932. The van der Waals surface area contributed by atoms with Crippen LogP contribution in [0, 0.1) is 0 Å². The van der Waals surface area contributed by atoms with Crippen molar-refractivity contribution < 1.29 is 14.7 Å². The lowest BCUT2D eigenvalue weighted by Crippen LogP contribution is -2.48. The molecule has 0 aliphatic heterocycles. The number of amides is 1. The second-order valence-corrected chi connectivity index (χ2v) is 3.20. The molecule has 0 bridgehead atoms. The van der Waals surface area contributed by atoms with E-state index in [1.807, 2.05) is 6.92 Å². The van der Waals surface area contributed by atoms with Gasteiger partial charge in [0.15, 0.2) is 0 Å². The standard InChI is InChI=1S/C9H18N2O3/c1-3-5-6(10)8(12)11-7(4-2)9(13)14/h6-7H,3-5,10H2,1-2H3,(H,11,12)(H,13,14)/t6-,7?/m0/s1. The number of nitrogens with one attached hydrogen (secondary N) is 1. The Morgan fingerprint density at radius 1 is 1.43 bits per heavy atom. The van der Waals surface area contributed by atoms with Gasteiger partial charge in [-0.15, -0.1) is 0 Å². The second-order valence-electron chi connectivity index (χ2n) is 3.20. The number of rotatable bonds is 6. The zero-order valence-electron chi connectivity index (χ0n) is 8.62. The first-order chi connectivity index (χ1) is 6.52. The van der Waals surface area contributed by atoms with Gasteiger partial charge in [0.1, 0.15) is 6.04 Å². The van der Waals surface area contributed by atoms with Crippen LogP contribution in [-0.4, -0.2) is 29.1 Å². The third-order valence-corrected chi connectivity index (χ3v) is 1.96. The maximum absolute atomic E-state index is 11.3. The molecule has 1 unspecified atom stereocenters. The summed E-state index contributed by atoms with van der Waals surface area (Å²) in [6.07, 6.45) is 1.74. The van der Waals surface area contributed by atoms with Gasteiger partial charge in [0.25, 0.3) is 0 Å². The largest absolute Gasteiger partial charge is 0.480 e. The Bertz CT molecular complexity index is 206. The van der Waals surface area contributed by atoms with Gasteiger partial charge in [0.05, 0.1) is 6.04 Å². The van der Waals surface area contributed by atoms with Crippen LogP contribution in [0.2, 0.25) is 0 Å². The van der Waals surface area contributed by atoms with Crippen LogP contribution in [0.5, 0.6) is 0 Å². The number of carbonyl (C=O) groups is 2. The van der Waals surface area contributed by atoms with Crippen LogP contribution >= 0.6 is 0 Å². The van der Waals surface area contributed by atoms with Gasteiger partial charge in [-0.25, -0.2) is 4.79 Å². The van der Waals surface area contributed by atoms with Crippen LogP contribution < -0.4 is 11.1 Å². The lowest BCUT2D eigenvalue weighted by Gasteiger charge is -2.15. The molecule has 0 rings (SSSR count). The molecule has 0 aromatic carbocycles. The fraction of sp³-hybridized carbons (Fsp3) is 0.778. The normalized spacial score (nSPS) is 14.5. The third kappa shape index (κ3) is 4.23. The lowest BCUT2D eigenvalue weighted by atomic mass is 10.1. The summed E-state index contributed by atoms with van der Waals surface area (Å²) in [5.74, 6) is -1.41. The molecule has 82 valence electrons. The number of nitrogens with two attached hydrogens (primary N) is 1. The van der Waals surface area contributed by atoms with Crippen LogP contribution in [0.1, 0.15) is 33.1 Å². The molecule has 4 N–H and O–H groups in total. The highest BCUT2D eigenvalue weighted by atomic mass is 16.4. The van der Waals surface area contributed by atoms with E-state index in [1.165, 1.54) is 0 Å². The van der Waals surface area contributed by atoms with Crippen molar-refractivity contribution in [3.8, 4) is 0 Å². The first kappa shape index (κ1) is 12.9. The molecule has 1 amide bonds. The molecular formula is C9H18N2O3. The van der Waals surface area contributed by atoms with Gasteiger partial charge in [-0.05, 0) is 12.8 Å². The Kier molecular flexibility index (Phi) is 5.87. The van der Waals surface area contributed by atoms with Crippen LogP contribution in [0.15, 0.2) is 0 Å². The van der Waals surface area contributed by atoms with Crippen molar-refractivity contribution in [1.29, 1.82) is 0 Å². The second kappa shape index (κ2) is 6.37. The van der Waals surface area contributed by atoms with E-state index in [4.69, 9.17) is 10.8 Å². The van der Waals surface area contributed by atoms with Crippen molar-refractivity contribution in [2.75, 3.05) is 0 Å². The molecule has 0 spiro atoms. The number of hydrogen-bond donors (Lipinski definition) is 3. The summed E-state index contributed by atoms with van der Waals surface area (Å²) in [6.45, 7) is 3.62. The fourth-order valence-corrected chi connectivity index (χ4v) is 1.06. The van der Waals surface area contributed by atoms with Crippen molar-refractivity contribution in [2.24, 2.45) is 5.73 Å². The van der Waals surface area contributed by atoms with Gasteiger partial charge in [0, 0.05) is 0 Å². The topological polar surface area (TPSA) is 92.4 Å². The number of carboxylic acid groups (broad SMARTS) is 1. The lowest BCUT2D eigenvalue weighted by molar-refractivity contribution is -0.142. The molecular weight excluding hydrogens is 184 g/mol. The molecule has 0 heterocycles. The molecule has 0 fully saturated rings. The number of aliphatic carboxylic acids is 1. The fourth-order valence-electron chi connectivity index (χ4n) is 1.06. The van der Waals surface area contributed by atoms with Crippen molar-refractivity contribution in [3.63, 3.8) is 0 Å². The number of carbonyl (C=O) groups excluding carboxylic acids is 1. The van der Waals surface area contributed by atoms with E-state index in [1.54, 1.807) is 6.92 Å². The molecule has 0 aromatic rings. The summed E-state index contributed by atoms with van der Waals surface area (Å²) in [6, 6.07) is -1.43. The van der Waals surface area contributed by atoms with E-state index in [2.05, 4.69) is 5.32 Å². The minimum absolute atomic E-state index is 0.361. The Labute approximate surface area is 83.7 Å². The van der Waals surface area contributed by atoms with Gasteiger partial charge in [-0.2, -0.15) is 0 Å². The number of hydrogen-bond acceptors (Lipinski definition) is 3. The maximum Gasteiger partial charge on any atom is 0.326 e. The number of carboxylic acids is 1. The van der Waals surface area contributed by atoms with E-state index in [0.717, 1.165) is 6.42 Å². The van der Waals surface area contributed by atoms with Crippen LogP contribution in [0.3, 0.4) is 0 Å². The van der Waals surface area contributed by atoms with Crippen molar-refractivity contribution in [2.45, 2.75) is 45.2 Å². The van der Waals surface area contributed by atoms with Crippen LogP contribution in [-0.2, 0) is 9.59 Å². The Balaban J connectivity index is 4.08. The average Bonchev–Trinajstić information content (AvgIpc) is 2.13. The van der Waals surface area contributed by atoms with E-state index in [0.29, 0.717) is 12.8 Å². The SMILES string of the molecule is CCC[C@H](N)C(=O)NC(CC)C(=O)O. The van der Waals surface area contributed by atoms with Gasteiger partial charge >= 0.3 is 5.97 Å². The molecule has 2 atom stereocenters. The van der Waals surface area contributed by atoms with E-state index in [9.17, 15) is 9.59 Å². The van der Waals surface area contributed by atoms with Gasteiger partial charge < -0.3 is 16.2 Å². The molecule has 0 aliphatic rings. The molecule has 0 saturated heterocycles. The summed E-state index contributed by atoms with van der Waals surface area (Å²) < 4.78 is 0. The van der Waals surface area contributed by atoms with Crippen LogP contribution in [0.25, 0.3) is 0 Å². The molecule has 0 aromatic heterocycles. The van der Waals surface area contributed by atoms with E-state index >= 15 is 0 Å². The maximum atomic E-state index is 11.3. The molecule has 14 heavy (non-hydrogen) atoms. The van der Waals surface area contributed by atoms with Gasteiger partial charge in [0.2, 0.25) is 5.91 Å². The minimum Gasteiger partial charge on any atom is -0.480 e. The Morgan fingerprint density at radius 3 is 2.36 bits per heavy atom. The summed E-state index contributed by atoms with van der Waals surface area (Å²) in [7, 11) is 0. The molecule has 0 radical (unpaired) electrons. The monoisotopic (exact) mass is 202 g/mol. The molecule has 5 heteroatoms. The van der Waals surface area contributed by atoms with Crippen molar-refractivity contribution >= 4 is 11.9 Å². The van der Waals surface area contributed by atoms with Crippen molar-refractivity contribution in [1.82, 2.24) is 5.32 Å². The molecule has 5 nitrogen and oxygen atoms in total. The summed E-state index contributed by atoms with van der Waals surface area (Å²) in [5.41, 5.74) is 5.53. The summed E-state index contributed by atoms with van der Waals surface area (Å²) in [5, 5.41) is 11.1. The average molecular weight is 202 g/mol. The predicted molar refractivity (Wildman–Crippen MR) is 52.7 cm³/mol. The highest BCUT2D eigenvalue weighted by molar-refractivity contribution is 5.86. The molecule has 0 aliphatic carbocycles. The summed E-state index contributed by atoms with van der Waals surface area (Å²) in [4.78, 5) is 21.9. The first-order valence-electron chi connectivity index (χ1n) is 4.81.